The van der Waals surface area contributed by atoms with Crippen LogP contribution in [-0.2, 0) is 11.2 Å². The molecule has 2 rings (SSSR count). The van der Waals surface area contributed by atoms with Gasteiger partial charge in [0.1, 0.15) is 0 Å². The van der Waals surface area contributed by atoms with Gasteiger partial charge in [-0.15, -0.1) is 11.3 Å². The Balaban J connectivity index is 1.88. The molecule has 5 heteroatoms. The van der Waals surface area contributed by atoms with E-state index < -0.39 is 0 Å². The molecule has 1 atom stereocenters. The summed E-state index contributed by atoms with van der Waals surface area (Å²) >= 11 is 1.48. The molecule has 2 amide bonds. The van der Waals surface area contributed by atoms with Gasteiger partial charge in [0.05, 0.1) is 4.88 Å². The fourth-order valence-corrected chi connectivity index (χ4v) is 3.31. The zero-order valence-electron chi connectivity index (χ0n) is 11.9. The van der Waals surface area contributed by atoms with Crippen molar-refractivity contribution in [3.05, 3.63) is 33.5 Å². The van der Waals surface area contributed by atoms with Gasteiger partial charge in [-0.25, -0.2) is 0 Å². The first-order valence-corrected chi connectivity index (χ1v) is 7.78. The van der Waals surface area contributed by atoms with Crippen molar-refractivity contribution in [1.29, 1.82) is 0 Å². The maximum atomic E-state index is 12.0. The topological polar surface area (TPSA) is 58.2 Å². The van der Waals surface area contributed by atoms with Gasteiger partial charge in [0.2, 0.25) is 5.91 Å². The maximum Gasteiger partial charge on any atom is 0.279 e. The van der Waals surface area contributed by atoms with Crippen LogP contribution in [0.5, 0.6) is 0 Å². The molecule has 1 aliphatic carbocycles. The van der Waals surface area contributed by atoms with E-state index in [-0.39, 0.29) is 17.7 Å². The second-order valence-corrected chi connectivity index (χ2v) is 6.13. The summed E-state index contributed by atoms with van der Waals surface area (Å²) < 4.78 is 0. The van der Waals surface area contributed by atoms with Crippen LogP contribution in [0.3, 0.4) is 0 Å². The molecule has 0 bridgehead atoms. The summed E-state index contributed by atoms with van der Waals surface area (Å²) in [7, 11) is 0. The normalized spacial score (nSPS) is 17.8. The highest BCUT2D eigenvalue weighted by Gasteiger charge is 2.19. The monoisotopic (exact) mass is 292 g/mol. The summed E-state index contributed by atoms with van der Waals surface area (Å²) in [4.78, 5) is 25.7. The number of hydrazine groups is 1. The predicted octanol–water partition coefficient (Wildman–Crippen LogP) is 2.74. The Morgan fingerprint density at radius 2 is 2.15 bits per heavy atom. The van der Waals surface area contributed by atoms with E-state index in [1.807, 2.05) is 19.1 Å². The molecule has 0 aromatic carbocycles. The molecule has 0 aliphatic heterocycles. The Kier molecular flexibility index (Phi) is 4.95. The smallest absolute Gasteiger partial charge is 0.273 e. The number of hydrogen-bond donors (Lipinski definition) is 2. The van der Waals surface area contributed by atoms with Crippen molar-refractivity contribution in [3.8, 4) is 0 Å². The molecule has 2 N–H and O–H groups in total. The first-order valence-electron chi connectivity index (χ1n) is 6.96. The van der Waals surface area contributed by atoms with Gasteiger partial charge in [-0.1, -0.05) is 19.1 Å². The van der Waals surface area contributed by atoms with Gasteiger partial charge in [0.15, 0.2) is 0 Å². The van der Waals surface area contributed by atoms with Crippen molar-refractivity contribution < 1.29 is 9.59 Å². The Morgan fingerprint density at radius 1 is 1.35 bits per heavy atom. The SMILES string of the molecule is CCc1sc(C(=O)NNC(=O)C2CC=CCC2)cc1C. The Bertz CT molecular complexity index is 534. The van der Waals surface area contributed by atoms with E-state index in [0.717, 1.165) is 31.2 Å². The summed E-state index contributed by atoms with van der Waals surface area (Å²) in [5, 5.41) is 0. The predicted molar refractivity (Wildman–Crippen MR) is 80.5 cm³/mol. The number of carbonyl (C=O) groups excluding carboxylic acids is 2. The van der Waals surface area contributed by atoms with Gasteiger partial charge < -0.3 is 0 Å². The van der Waals surface area contributed by atoms with Gasteiger partial charge in [-0.2, -0.15) is 0 Å². The number of aryl methyl sites for hydroxylation is 2. The third-order valence-corrected chi connectivity index (χ3v) is 4.88. The lowest BCUT2D eigenvalue weighted by atomic mass is 9.94. The molecule has 4 nitrogen and oxygen atoms in total. The summed E-state index contributed by atoms with van der Waals surface area (Å²) in [6, 6.07) is 1.87. The molecule has 20 heavy (non-hydrogen) atoms. The van der Waals surface area contributed by atoms with Crippen LogP contribution in [0, 0.1) is 12.8 Å². The number of rotatable bonds is 3. The highest BCUT2D eigenvalue weighted by atomic mass is 32.1. The number of allylic oxidation sites excluding steroid dienone is 2. The lowest BCUT2D eigenvalue weighted by Gasteiger charge is -2.17. The van der Waals surface area contributed by atoms with Crippen molar-refractivity contribution in [2.75, 3.05) is 0 Å². The number of nitrogens with one attached hydrogen (secondary N) is 2. The Hall–Kier alpha value is -1.62. The van der Waals surface area contributed by atoms with Crippen molar-refractivity contribution in [1.82, 2.24) is 10.9 Å². The van der Waals surface area contributed by atoms with Crippen LogP contribution in [0.4, 0.5) is 0 Å². The highest BCUT2D eigenvalue weighted by molar-refractivity contribution is 7.14. The molecule has 0 radical (unpaired) electrons. The van der Waals surface area contributed by atoms with E-state index in [1.54, 1.807) is 0 Å². The first kappa shape index (κ1) is 14.8. The maximum absolute atomic E-state index is 12.0. The van der Waals surface area contributed by atoms with Gasteiger partial charge in [0, 0.05) is 10.8 Å². The van der Waals surface area contributed by atoms with Crippen molar-refractivity contribution in [3.63, 3.8) is 0 Å². The van der Waals surface area contributed by atoms with Gasteiger partial charge in [-0.3, -0.25) is 20.4 Å². The zero-order chi connectivity index (χ0) is 14.5. The average molecular weight is 292 g/mol. The van der Waals surface area contributed by atoms with Crippen LogP contribution in [0.25, 0.3) is 0 Å². The minimum atomic E-state index is -0.238. The molecule has 1 aliphatic rings. The summed E-state index contributed by atoms with van der Waals surface area (Å²) in [6.45, 7) is 4.07. The third-order valence-electron chi connectivity index (χ3n) is 3.50. The van der Waals surface area contributed by atoms with Crippen molar-refractivity contribution >= 4 is 23.2 Å². The minimum absolute atomic E-state index is 0.0309. The fourth-order valence-electron chi connectivity index (χ4n) is 2.30. The Labute approximate surface area is 123 Å². The highest BCUT2D eigenvalue weighted by Crippen LogP contribution is 2.22. The van der Waals surface area contributed by atoms with Crippen LogP contribution in [0.2, 0.25) is 0 Å². The second-order valence-electron chi connectivity index (χ2n) is 5.00. The number of carbonyl (C=O) groups is 2. The van der Waals surface area contributed by atoms with E-state index in [0.29, 0.717) is 4.88 Å². The molecule has 108 valence electrons. The van der Waals surface area contributed by atoms with Crippen LogP contribution < -0.4 is 10.9 Å². The summed E-state index contributed by atoms with van der Waals surface area (Å²) in [5.74, 6) is -0.374. The molecule has 1 aromatic heterocycles. The zero-order valence-corrected chi connectivity index (χ0v) is 12.7. The van der Waals surface area contributed by atoms with E-state index in [4.69, 9.17) is 0 Å². The molecule has 0 fully saturated rings. The van der Waals surface area contributed by atoms with E-state index in [1.165, 1.54) is 16.2 Å². The lowest BCUT2D eigenvalue weighted by molar-refractivity contribution is -0.126. The largest absolute Gasteiger partial charge is 0.279 e. The third kappa shape index (κ3) is 3.48. The Morgan fingerprint density at radius 3 is 2.75 bits per heavy atom. The van der Waals surface area contributed by atoms with Gasteiger partial charge in [-0.05, 0) is 44.2 Å². The summed E-state index contributed by atoms with van der Waals surface area (Å²) in [5.41, 5.74) is 6.17. The van der Waals surface area contributed by atoms with Crippen LogP contribution >= 0.6 is 11.3 Å². The first-order chi connectivity index (χ1) is 9.61. The van der Waals surface area contributed by atoms with Gasteiger partial charge >= 0.3 is 0 Å². The number of amides is 2. The fraction of sp³-hybridized carbons (Fsp3) is 0.467. The minimum Gasteiger partial charge on any atom is -0.273 e. The molecule has 1 aromatic rings. The van der Waals surface area contributed by atoms with Gasteiger partial charge in [0.25, 0.3) is 5.91 Å². The van der Waals surface area contributed by atoms with Crippen LogP contribution in [0.15, 0.2) is 18.2 Å². The lowest BCUT2D eigenvalue weighted by Crippen LogP contribution is -2.44. The van der Waals surface area contributed by atoms with Crippen molar-refractivity contribution in [2.45, 2.75) is 39.5 Å². The van der Waals surface area contributed by atoms with E-state index >= 15 is 0 Å². The number of hydrogen-bond acceptors (Lipinski definition) is 3. The molecule has 0 spiro atoms. The molecule has 0 saturated heterocycles. The molecular formula is C15H20N2O2S. The molecule has 1 unspecified atom stereocenters. The van der Waals surface area contributed by atoms with E-state index in [2.05, 4.69) is 23.9 Å². The number of thiophene rings is 1. The molecular weight excluding hydrogens is 272 g/mol. The molecule has 1 heterocycles. The van der Waals surface area contributed by atoms with E-state index in [9.17, 15) is 9.59 Å². The standard InChI is InChI=1S/C15H20N2O2S/c1-3-12-10(2)9-13(20-12)15(19)17-16-14(18)11-7-5-4-6-8-11/h4-5,9,11H,3,6-8H2,1-2H3,(H,16,18)(H,17,19). The van der Waals surface area contributed by atoms with Crippen LogP contribution in [0.1, 0.15) is 46.3 Å². The molecule has 0 saturated carbocycles. The quantitative estimate of drug-likeness (QED) is 0.665. The summed E-state index contributed by atoms with van der Waals surface area (Å²) in [6.07, 6.45) is 7.55. The van der Waals surface area contributed by atoms with Crippen molar-refractivity contribution in [2.24, 2.45) is 5.92 Å². The van der Waals surface area contributed by atoms with Crippen LogP contribution in [-0.4, -0.2) is 11.8 Å². The average Bonchev–Trinajstić information content (AvgIpc) is 2.86. The second kappa shape index (κ2) is 6.70.